The van der Waals surface area contributed by atoms with Crippen LogP contribution in [-0.2, 0) is 40.0 Å². The Morgan fingerprint density at radius 1 is 0.646 bits per heavy atom. The van der Waals surface area contributed by atoms with Gasteiger partial charge in [-0.2, -0.15) is 0 Å². The number of ether oxygens (including phenoxy) is 1. The number of hydroxylamine groups is 1. The van der Waals surface area contributed by atoms with E-state index in [1.807, 2.05) is 84.9 Å². The summed E-state index contributed by atoms with van der Waals surface area (Å²) in [5.41, 5.74) is 10.4. The Hall–Kier alpha value is -6.30. The number of amides is 1. The van der Waals surface area contributed by atoms with E-state index in [2.05, 4.69) is 58.3 Å². The number of aryl methyl sites for hydroxylation is 2. The fourth-order valence-corrected chi connectivity index (χ4v) is 4.57. The van der Waals surface area contributed by atoms with Crippen molar-refractivity contribution in [2.45, 2.75) is 38.5 Å². The van der Waals surface area contributed by atoms with Gasteiger partial charge in [-0.05, 0) is 92.1 Å². The second-order valence-corrected chi connectivity index (χ2v) is 10.6. The fourth-order valence-electron chi connectivity index (χ4n) is 4.57. The summed E-state index contributed by atoms with van der Waals surface area (Å²) in [6.07, 6.45) is 3.63. The number of esters is 1. The first-order chi connectivity index (χ1) is 23.5. The summed E-state index contributed by atoms with van der Waals surface area (Å²) in [5, 5.41) is 23.6. The van der Waals surface area contributed by atoms with E-state index < -0.39 is 5.91 Å². The van der Waals surface area contributed by atoms with Crippen LogP contribution in [0.25, 0.3) is 22.1 Å². The first-order valence-electron chi connectivity index (χ1n) is 15.1. The number of fused-ring (bicyclic) bond motifs is 2. The van der Waals surface area contributed by atoms with Gasteiger partial charge in [0, 0.05) is 24.0 Å². The molecule has 240 valence electrons. The Labute approximate surface area is 276 Å². The molecular weight excluding hydrogens is 610 g/mol. The Kier molecular flexibility index (Phi) is 11.6. The van der Waals surface area contributed by atoms with Crippen LogP contribution in [-0.4, -0.2) is 44.8 Å². The van der Waals surface area contributed by atoms with Gasteiger partial charge in [-0.25, -0.2) is 14.7 Å². The van der Waals surface area contributed by atoms with E-state index in [0.717, 1.165) is 64.5 Å². The summed E-state index contributed by atoms with van der Waals surface area (Å²) in [5.74, 6) is 11.9. The van der Waals surface area contributed by atoms with Gasteiger partial charge in [0.25, 0.3) is 0 Å². The molecule has 0 atom stereocenters. The minimum Gasteiger partial charge on any atom is -0.469 e. The quantitative estimate of drug-likeness (QED) is 0.0984. The Bertz CT molecular complexity index is 1960. The summed E-state index contributed by atoms with van der Waals surface area (Å²) in [6, 6.07) is 26.8. The third kappa shape index (κ3) is 9.85. The zero-order valence-electron chi connectivity index (χ0n) is 26.1. The first kappa shape index (κ1) is 33.1. The Morgan fingerprint density at radius 3 is 1.54 bits per heavy atom. The number of aromatic nitrogens is 4. The highest BCUT2D eigenvalue weighted by atomic mass is 16.6. The number of hydrogen-bond acceptors (Lipinski definition) is 10. The molecule has 0 saturated heterocycles. The van der Waals surface area contributed by atoms with E-state index in [1.165, 1.54) is 12.7 Å². The number of carbonyl (C=O) groups is 2. The van der Waals surface area contributed by atoms with Gasteiger partial charge in [-0.15, -0.1) is 0 Å². The van der Waals surface area contributed by atoms with Gasteiger partial charge in [-0.3, -0.25) is 14.8 Å². The molecule has 1 amide bonds. The summed E-state index contributed by atoms with van der Waals surface area (Å²) >= 11 is 0. The van der Waals surface area contributed by atoms with Crippen LogP contribution in [0.1, 0.15) is 46.2 Å². The molecule has 0 aliphatic carbocycles. The molecule has 2 N–H and O–H groups in total. The number of hydrogen-bond donors (Lipinski definition) is 2. The molecule has 0 aliphatic rings. The number of nitrogens with zero attached hydrogens (tertiary/aromatic N) is 4. The maximum Gasteiger partial charge on any atom is 0.309 e. The van der Waals surface area contributed by atoms with E-state index in [-0.39, 0.29) is 12.4 Å². The lowest BCUT2D eigenvalue weighted by atomic mass is 10.1. The molecule has 0 fully saturated rings. The monoisotopic (exact) mass is 641 g/mol. The van der Waals surface area contributed by atoms with Crippen LogP contribution < -0.4 is 5.48 Å². The maximum atomic E-state index is 11.2. The van der Waals surface area contributed by atoms with Crippen LogP contribution in [0.15, 0.2) is 94.2 Å². The smallest absolute Gasteiger partial charge is 0.309 e. The average Bonchev–Trinajstić information content (AvgIpc) is 3.79. The van der Waals surface area contributed by atoms with E-state index in [9.17, 15) is 9.59 Å². The van der Waals surface area contributed by atoms with Crippen molar-refractivity contribution in [3.63, 3.8) is 0 Å². The fraction of sp³-hybridized carbons (Fsp3) is 0.189. The second kappa shape index (κ2) is 16.9. The van der Waals surface area contributed by atoms with Crippen molar-refractivity contribution in [2.24, 2.45) is 0 Å². The highest BCUT2D eigenvalue weighted by molar-refractivity contribution is 5.77. The van der Waals surface area contributed by atoms with Crippen LogP contribution >= 0.6 is 0 Å². The van der Waals surface area contributed by atoms with E-state index in [1.54, 1.807) is 5.48 Å². The van der Waals surface area contributed by atoms with Crippen LogP contribution in [0.2, 0.25) is 0 Å². The molecule has 2 heterocycles. The molecule has 0 radical (unpaired) electrons. The van der Waals surface area contributed by atoms with E-state index in [0.29, 0.717) is 17.5 Å². The van der Waals surface area contributed by atoms with Crippen molar-refractivity contribution >= 4 is 33.9 Å². The van der Waals surface area contributed by atoms with E-state index in [4.69, 9.17) is 5.21 Å². The largest absolute Gasteiger partial charge is 0.469 e. The summed E-state index contributed by atoms with van der Waals surface area (Å²) < 4.78 is 14.0. The molecule has 2 aromatic heterocycles. The molecule has 0 bridgehead atoms. The van der Waals surface area contributed by atoms with Crippen molar-refractivity contribution in [1.82, 2.24) is 26.1 Å². The van der Waals surface area contributed by atoms with Gasteiger partial charge in [0.05, 0.1) is 20.0 Å². The molecule has 0 aliphatic heterocycles. The van der Waals surface area contributed by atoms with Crippen LogP contribution in [0.4, 0.5) is 0 Å². The summed E-state index contributed by atoms with van der Waals surface area (Å²) in [6.45, 7) is 0. The molecule has 48 heavy (non-hydrogen) atoms. The highest BCUT2D eigenvalue weighted by Gasteiger charge is 2.04. The lowest BCUT2D eigenvalue weighted by Crippen LogP contribution is -2.20. The summed E-state index contributed by atoms with van der Waals surface area (Å²) in [4.78, 5) is 22.3. The Balaban J connectivity index is 0.000000188. The van der Waals surface area contributed by atoms with Crippen molar-refractivity contribution in [1.29, 1.82) is 0 Å². The van der Waals surface area contributed by atoms with Crippen LogP contribution in [0.3, 0.4) is 0 Å². The van der Waals surface area contributed by atoms with Crippen LogP contribution in [0, 0.1) is 23.7 Å². The van der Waals surface area contributed by atoms with Crippen molar-refractivity contribution in [2.75, 3.05) is 7.11 Å². The third-order valence-corrected chi connectivity index (χ3v) is 7.16. The van der Waals surface area contributed by atoms with Crippen LogP contribution in [0.5, 0.6) is 0 Å². The predicted molar refractivity (Wildman–Crippen MR) is 176 cm³/mol. The third-order valence-electron chi connectivity index (χ3n) is 7.16. The highest BCUT2D eigenvalue weighted by Crippen LogP contribution is 2.13. The van der Waals surface area contributed by atoms with Gasteiger partial charge >= 0.3 is 5.97 Å². The number of nitrogens with one attached hydrogen (secondary N) is 1. The van der Waals surface area contributed by atoms with Crippen molar-refractivity contribution < 1.29 is 28.8 Å². The van der Waals surface area contributed by atoms with Gasteiger partial charge < -0.3 is 4.74 Å². The Morgan fingerprint density at radius 2 is 1.08 bits per heavy atom. The minimum atomic E-state index is -0.423. The second-order valence-electron chi connectivity index (χ2n) is 10.6. The average molecular weight is 642 g/mol. The number of carbonyl (C=O) groups excluding carboxylic acids is 2. The lowest BCUT2D eigenvalue weighted by molar-refractivity contribution is -0.139. The zero-order valence-corrected chi connectivity index (χ0v) is 26.1. The molecule has 11 nitrogen and oxygen atoms in total. The van der Waals surface area contributed by atoms with Crippen molar-refractivity contribution in [3.05, 3.63) is 118 Å². The van der Waals surface area contributed by atoms with Gasteiger partial charge in [0.15, 0.2) is 0 Å². The number of methoxy groups -OCH3 is 1. The van der Waals surface area contributed by atoms with Gasteiger partial charge in [-0.1, -0.05) is 72.2 Å². The lowest BCUT2D eigenvalue weighted by Gasteiger charge is -2.02. The molecule has 11 heteroatoms. The topological polar surface area (TPSA) is 153 Å². The normalized spacial score (nSPS) is 10.2. The number of rotatable bonds is 8. The minimum absolute atomic E-state index is 0.163. The molecule has 6 aromatic rings. The molecule has 4 aromatic carbocycles. The van der Waals surface area contributed by atoms with Gasteiger partial charge in [0.1, 0.15) is 22.1 Å². The molecule has 0 unspecified atom stereocenters. The number of benzene rings is 4. The first-order valence-corrected chi connectivity index (χ1v) is 15.1. The molecular formula is C37H31N5O6. The van der Waals surface area contributed by atoms with E-state index >= 15 is 0 Å². The van der Waals surface area contributed by atoms with Gasteiger partial charge in [0.2, 0.25) is 5.91 Å². The zero-order chi connectivity index (χ0) is 33.6. The maximum absolute atomic E-state index is 11.2. The molecule has 0 saturated carbocycles. The van der Waals surface area contributed by atoms with Crippen molar-refractivity contribution in [3.8, 4) is 23.7 Å². The standard InChI is InChI=1S/C19H16N2O3.C18H15N3O3/c1-23-19(22)13-16-8-6-14(7-9-16)4-2-3-5-15-10-11-17-18(12-15)21-24-20-17;22-18(19-23)12-15-7-5-13(6-8-15)3-1-2-4-14-9-10-16-17(11-14)21-24-20-16/h6-12H,2,4,13H2,1H3;5-11,23H,1,3,12H2,(H,19,22). The predicted octanol–water partition coefficient (Wildman–Crippen LogP) is 5.18. The summed E-state index contributed by atoms with van der Waals surface area (Å²) in [7, 11) is 1.40. The molecule has 0 spiro atoms. The molecule has 6 rings (SSSR count). The SMILES string of the molecule is COC(=O)Cc1ccc(CCC#Cc2ccc3nonc3c2)cc1.O=C(Cc1ccc(CCC#Cc2ccc3nonc3c2)cc1)NO.